The van der Waals surface area contributed by atoms with Crippen LogP contribution in [0.1, 0.15) is 20.8 Å². The third-order valence-electron chi connectivity index (χ3n) is 3.49. The van der Waals surface area contributed by atoms with Gasteiger partial charge in [-0.05, 0) is 18.1 Å². The van der Waals surface area contributed by atoms with Crippen LogP contribution in [0.4, 0.5) is 5.00 Å². The lowest BCUT2D eigenvalue weighted by molar-refractivity contribution is 0.296. The zero-order valence-corrected chi connectivity index (χ0v) is 13.6. The minimum absolute atomic E-state index is 0.288. The lowest BCUT2D eigenvalue weighted by atomic mass is 10.2. The number of nitrogens with zero attached hydrogens (tertiary/aromatic N) is 2. The first-order valence-corrected chi connectivity index (χ1v) is 9.76. The molecule has 0 N–H and O–H groups in total. The molecule has 0 aliphatic carbocycles. The molecule has 0 aliphatic heterocycles. The van der Waals surface area contributed by atoms with Crippen LogP contribution in [0.15, 0.2) is 11.7 Å². The molecule has 3 nitrogen and oxygen atoms in total. The van der Waals surface area contributed by atoms with E-state index in [4.69, 9.17) is 4.43 Å². The van der Waals surface area contributed by atoms with Crippen LogP contribution in [0.5, 0.6) is 0 Å². The SMILES string of the molecule is CN(CCO[Si](C)(C)C(C)(C)C)c1cncs1. The number of anilines is 1. The van der Waals surface area contributed by atoms with Gasteiger partial charge in [-0.3, -0.25) is 4.98 Å². The van der Waals surface area contributed by atoms with Gasteiger partial charge >= 0.3 is 0 Å². The van der Waals surface area contributed by atoms with Crippen LogP contribution in [0.25, 0.3) is 0 Å². The van der Waals surface area contributed by atoms with E-state index >= 15 is 0 Å². The number of hydrogen-bond donors (Lipinski definition) is 0. The Bertz CT molecular complexity index is 333. The largest absolute Gasteiger partial charge is 0.415 e. The van der Waals surface area contributed by atoms with Gasteiger partial charge in [-0.15, -0.1) is 11.3 Å². The highest BCUT2D eigenvalue weighted by Crippen LogP contribution is 2.36. The molecule has 0 aliphatic rings. The summed E-state index contributed by atoms with van der Waals surface area (Å²) in [7, 11) is 0.490. The summed E-state index contributed by atoms with van der Waals surface area (Å²) >= 11 is 1.67. The fourth-order valence-electron chi connectivity index (χ4n) is 1.16. The highest BCUT2D eigenvalue weighted by molar-refractivity contribution is 7.13. The molecule has 0 saturated carbocycles. The molecule has 1 aromatic heterocycles. The highest BCUT2D eigenvalue weighted by atomic mass is 32.1. The molecule has 0 spiro atoms. The number of likely N-dealkylation sites (N-methyl/N-ethyl adjacent to an activating group) is 1. The van der Waals surface area contributed by atoms with Gasteiger partial charge in [-0.25, -0.2) is 0 Å². The monoisotopic (exact) mass is 272 g/mol. The number of thiazole rings is 1. The summed E-state index contributed by atoms with van der Waals surface area (Å²) in [4.78, 5) is 6.28. The molecule has 0 atom stereocenters. The zero-order valence-electron chi connectivity index (χ0n) is 11.8. The van der Waals surface area contributed by atoms with E-state index in [0.717, 1.165) is 13.2 Å². The van der Waals surface area contributed by atoms with Crippen LogP contribution in [0.2, 0.25) is 18.1 Å². The summed E-state index contributed by atoms with van der Waals surface area (Å²) in [5, 5.41) is 1.49. The van der Waals surface area contributed by atoms with Crippen molar-refractivity contribution < 1.29 is 4.43 Å². The van der Waals surface area contributed by atoms with Crippen molar-refractivity contribution in [2.45, 2.75) is 38.9 Å². The Morgan fingerprint density at radius 2 is 2.06 bits per heavy atom. The van der Waals surface area contributed by atoms with Crippen LogP contribution in [-0.4, -0.2) is 33.5 Å². The Balaban J connectivity index is 2.38. The van der Waals surface area contributed by atoms with E-state index in [1.165, 1.54) is 5.00 Å². The maximum Gasteiger partial charge on any atom is 0.192 e. The van der Waals surface area contributed by atoms with Crippen molar-refractivity contribution in [2.24, 2.45) is 0 Å². The molecular weight excluding hydrogens is 248 g/mol. The van der Waals surface area contributed by atoms with Crippen LogP contribution >= 0.6 is 11.3 Å². The highest BCUT2D eigenvalue weighted by Gasteiger charge is 2.36. The Morgan fingerprint density at radius 3 is 2.53 bits per heavy atom. The van der Waals surface area contributed by atoms with Gasteiger partial charge in [0.05, 0.1) is 18.3 Å². The van der Waals surface area contributed by atoms with E-state index in [-0.39, 0.29) is 5.04 Å². The molecule has 0 unspecified atom stereocenters. The minimum atomic E-state index is -1.60. The third kappa shape index (κ3) is 4.08. The second kappa shape index (κ2) is 5.50. The van der Waals surface area contributed by atoms with Gasteiger partial charge < -0.3 is 9.33 Å². The second-order valence-electron chi connectivity index (χ2n) is 5.87. The molecule has 0 saturated heterocycles. The first kappa shape index (κ1) is 14.7. The van der Waals surface area contributed by atoms with Crippen molar-refractivity contribution in [1.82, 2.24) is 4.98 Å². The van der Waals surface area contributed by atoms with Gasteiger partial charge in [0.2, 0.25) is 0 Å². The average molecular weight is 272 g/mol. The van der Waals surface area contributed by atoms with E-state index in [1.807, 2.05) is 11.7 Å². The summed E-state index contributed by atoms with van der Waals surface area (Å²) in [5.74, 6) is 0. The van der Waals surface area contributed by atoms with Gasteiger partial charge in [0.25, 0.3) is 0 Å². The van der Waals surface area contributed by atoms with Gasteiger partial charge in [0.1, 0.15) is 5.00 Å². The molecule has 5 heteroatoms. The van der Waals surface area contributed by atoms with E-state index in [0.29, 0.717) is 0 Å². The summed E-state index contributed by atoms with van der Waals surface area (Å²) < 4.78 is 6.14. The maximum absolute atomic E-state index is 6.14. The second-order valence-corrected chi connectivity index (χ2v) is 11.5. The van der Waals surface area contributed by atoms with Crippen LogP contribution < -0.4 is 4.90 Å². The first-order chi connectivity index (χ1) is 7.74. The molecule has 1 rings (SSSR count). The first-order valence-electron chi connectivity index (χ1n) is 5.97. The van der Waals surface area contributed by atoms with Gasteiger partial charge in [0, 0.05) is 13.6 Å². The zero-order chi connectivity index (χ0) is 13.1. The fourth-order valence-corrected chi connectivity index (χ4v) is 2.82. The van der Waals surface area contributed by atoms with Gasteiger partial charge in [-0.1, -0.05) is 20.8 Å². The van der Waals surface area contributed by atoms with E-state index < -0.39 is 8.32 Å². The lowest BCUT2D eigenvalue weighted by Gasteiger charge is -2.36. The molecule has 0 fully saturated rings. The molecule has 0 radical (unpaired) electrons. The van der Waals surface area contributed by atoms with Crippen molar-refractivity contribution >= 4 is 24.7 Å². The summed E-state index contributed by atoms with van der Waals surface area (Å²) in [6, 6.07) is 0. The van der Waals surface area contributed by atoms with Gasteiger partial charge in [0.15, 0.2) is 8.32 Å². The maximum atomic E-state index is 6.14. The van der Waals surface area contributed by atoms with Crippen molar-refractivity contribution in [3.63, 3.8) is 0 Å². The molecule has 0 bridgehead atoms. The van der Waals surface area contributed by atoms with Crippen LogP contribution in [-0.2, 0) is 4.43 Å². The fraction of sp³-hybridized carbons (Fsp3) is 0.750. The molecule has 0 amide bonds. The Morgan fingerprint density at radius 1 is 1.41 bits per heavy atom. The summed E-state index contributed by atoms with van der Waals surface area (Å²) in [6.07, 6.45) is 1.90. The lowest BCUT2D eigenvalue weighted by Crippen LogP contribution is -2.42. The molecule has 0 aromatic carbocycles. The standard InChI is InChI=1S/C12H24N2OSSi/c1-12(2,3)17(5,6)15-8-7-14(4)11-9-13-10-16-11/h9-10H,7-8H2,1-6H3. The van der Waals surface area contributed by atoms with E-state index in [1.54, 1.807) is 11.3 Å². The van der Waals surface area contributed by atoms with E-state index in [2.05, 4.69) is 50.8 Å². The predicted molar refractivity (Wildman–Crippen MR) is 78.5 cm³/mol. The molecule has 1 heterocycles. The number of aromatic nitrogens is 1. The smallest absolute Gasteiger partial charge is 0.192 e. The van der Waals surface area contributed by atoms with Crippen molar-refractivity contribution in [1.29, 1.82) is 0 Å². The minimum Gasteiger partial charge on any atom is -0.415 e. The van der Waals surface area contributed by atoms with Crippen LogP contribution in [0.3, 0.4) is 0 Å². The normalized spacial score (nSPS) is 12.8. The molecule has 98 valence electrons. The van der Waals surface area contributed by atoms with Crippen molar-refractivity contribution in [3.05, 3.63) is 11.7 Å². The molecular formula is C12H24N2OSSi. The topological polar surface area (TPSA) is 25.4 Å². The predicted octanol–water partition coefficient (Wildman–Crippen LogP) is 3.60. The van der Waals surface area contributed by atoms with Gasteiger partial charge in [-0.2, -0.15) is 0 Å². The molecule has 1 aromatic rings. The average Bonchev–Trinajstić information content (AvgIpc) is 2.67. The Hall–Kier alpha value is -0.393. The quantitative estimate of drug-likeness (QED) is 0.766. The number of rotatable bonds is 5. The summed E-state index contributed by atoms with van der Waals surface area (Å²) in [5.41, 5.74) is 1.86. The Kier molecular flexibility index (Phi) is 4.74. The van der Waals surface area contributed by atoms with Crippen molar-refractivity contribution in [3.8, 4) is 0 Å². The third-order valence-corrected chi connectivity index (χ3v) is 8.92. The molecule has 17 heavy (non-hydrogen) atoms. The van der Waals surface area contributed by atoms with E-state index in [9.17, 15) is 0 Å². The Labute approximate surface area is 110 Å². The van der Waals surface area contributed by atoms with Crippen LogP contribution in [0, 0.1) is 0 Å². The van der Waals surface area contributed by atoms with Crippen molar-refractivity contribution in [2.75, 3.05) is 25.1 Å². The number of hydrogen-bond acceptors (Lipinski definition) is 4. The summed E-state index contributed by atoms with van der Waals surface area (Å²) in [6.45, 7) is 13.1.